The number of nitrogens with zero attached hydrogens (tertiary/aromatic N) is 2. The van der Waals surface area contributed by atoms with E-state index in [1.807, 2.05) is 0 Å². The fourth-order valence-corrected chi connectivity index (χ4v) is 1.34. The molecular weight excluding hydrogens is 230 g/mol. The quantitative estimate of drug-likeness (QED) is 0.855. The van der Waals surface area contributed by atoms with Crippen LogP contribution in [0.15, 0.2) is 24.3 Å². The standard InChI is InChI=1S/C13H17N3O2/c1-10(8-14)16(2)9-13(17)15-11-4-6-12(18-3)7-5-11/h4-7,10H,9H2,1-3H3,(H,15,17). The second kappa shape index (κ2) is 6.62. The van der Waals surface area contributed by atoms with Crippen molar-refractivity contribution in [2.45, 2.75) is 13.0 Å². The number of carbonyl (C=O) groups is 1. The third-order valence-corrected chi connectivity index (χ3v) is 2.61. The Kier molecular flexibility index (Phi) is 5.15. The summed E-state index contributed by atoms with van der Waals surface area (Å²) >= 11 is 0. The first kappa shape index (κ1) is 14.0. The van der Waals surface area contributed by atoms with Crippen molar-refractivity contribution in [2.75, 3.05) is 26.0 Å². The van der Waals surface area contributed by atoms with Crippen molar-refractivity contribution in [3.63, 3.8) is 0 Å². The summed E-state index contributed by atoms with van der Waals surface area (Å²) in [5.74, 6) is 0.591. The van der Waals surface area contributed by atoms with Crippen LogP contribution < -0.4 is 10.1 Å². The molecule has 0 radical (unpaired) electrons. The number of likely N-dealkylation sites (N-methyl/N-ethyl adjacent to an activating group) is 1. The molecule has 1 unspecified atom stereocenters. The maximum absolute atomic E-state index is 11.7. The second-order valence-electron chi connectivity index (χ2n) is 4.00. The van der Waals surface area contributed by atoms with Crippen LogP contribution in [0.5, 0.6) is 5.75 Å². The minimum Gasteiger partial charge on any atom is -0.497 e. The van der Waals surface area contributed by atoms with Crippen LogP contribution in [0.3, 0.4) is 0 Å². The van der Waals surface area contributed by atoms with E-state index >= 15 is 0 Å². The lowest BCUT2D eigenvalue weighted by atomic mass is 10.3. The lowest BCUT2D eigenvalue weighted by Gasteiger charge is -2.18. The van der Waals surface area contributed by atoms with Crippen molar-refractivity contribution in [2.24, 2.45) is 0 Å². The summed E-state index contributed by atoms with van der Waals surface area (Å²) in [6, 6.07) is 8.88. The number of hydrogen-bond donors (Lipinski definition) is 1. The van der Waals surface area contributed by atoms with E-state index in [4.69, 9.17) is 10.00 Å². The predicted molar refractivity (Wildman–Crippen MR) is 69.3 cm³/mol. The van der Waals surface area contributed by atoms with Crippen LogP contribution in [0.4, 0.5) is 5.69 Å². The van der Waals surface area contributed by atoms with Crippen molar-refractivity contribution in [3.8, 4) is 11.8 Å². The van der Waals surface area contributed by atoms with Crippen molar-refractivity contribution < 1.29 is 9.53 Å². The van der Waals surface area contributed by atoms with Crippen LogP contribution in [0.25, 0.3) is 0 Å². The molecule has 1 aromatic rings. The molecule has 0 fully saturated rings. The number of carbonyl (C=O) groups excluding carboxylic acids is 1. The summed E-state index contributed by atoms with van der Waals surface area (Å²) in [6.45, 7) is 1.93. The van der Waals surface area contributed by atoms with E-state index < -0.39 is 0 Å². The SMILES string of the molecule is COc1ccc(NC(=O)CN(C)C(C)C#N)cc1. The molecule has 0 spiro atoms. The summed E-state index contributed by atoms with van der Waals surface area (Å²) < 4.78 is 5.03. The molecule has 5 nitrogen and oxygen atoms in total. The zero-order valence-electron chi connectivity index (χ0n) is 10.8. The molecule has 5 heteroatoms. The Bertz CT molecular complexity index is 437. The normalized spacial score (nSPS) is 11.7. The molecule has 1 N–H and O–H groups in total. The van der Waals surface area contributed by atoms with Gasteiger partial charge in [0.05, 0.1) is 25.8 Å². The number of methoxy groups -OCH3 is 1. The zero-order chi connectivity index (χ0) is 13.5. The molecule has 18 heavy (non-hydrogen) atoms. The minimum atomic E-state index is -0.286. The van der Waals surface area contributed by atoms with Gasteiger partial charge in [-0.25, -0.2) is 0 Å². The molecule has 0 aliphatic heterocycles. The van der Waals surface area contributed by atoms with E-state index in [1.54, 1.807) is 50.2 Å². The van der Waals surface area contributed by atoms with Crippen LogP contribution in [0, 0.1) is 11.3 Å². The van der Waals surface area contributed by atoms with Crippen molar-refractivity contribution in [3.05, 3.63) is 24.3 Å². The second-order valence-corrected chi connectivity index (χ2v) is 4.00. The van der Waals surface area contributed by atoms with Crippen LogP contribution in [0.2, 0.25) is 0 Å². The van der Waals surface area contributed by atoms with E-state index in [9.17, 15) is 4.79 Å². The highest BCUT2D eigenvalue weighted by Gasteiger charge is 2.12. The molecular formula is C13H17N3O2. The maximum atomic E-state index is 11.7. The molecule has 1 atom stereocenters. The molecule has 96 valence electrons. The van der Waals surface area contributed by atoms with Gasteiger partial charge in [0.15, 0.2) is 0 Å². The molecule has 0 aliphatic rings. The molecule has 1 aromatic carbocycles. The van der Waals surface area contributed by atoms with Crippen molar-refractivity contribution in [1.82, 2.24) is 4.90 Å². The first-order valence-electron chi connectivity index (χ1n) is 5.60. The van der Waals surface area contributed by atoms with Gasteiger partial charge in [0.25, 0.3) is 0 Å². The third kappa shape index (κ3) is 4.07. The molecule has 0 heterocycles. The number of rotatable bonds is 5. The van der Waals surface area contributed by atoms with Gasteiger partial charge in [-0.15, -0.1) is 0 Å². The number of ether oxygens (including phenoxy) is 1. The molecule has 0 bridgehead atoms. The summed E-state index contributed by atoms with van der Waals surface area (Å²) in [6.07, 6.45) is 0. The lowest BCUT2D eigenvalue weighted by molar-refractivity contribution is -0.117. The number of anilines is 1. The van der Waals surface area contributed by atoms with Gasteiger partial charge in [-0.2, -0.15) is 5.26 Å². The summed E-state index contributed by atoms with van der Waals surface area (Å²) in [7, 11) is 3.33. The predicted octanol–water partition coefficient (Wildman–Crippen LogP) is 1.48. The number of hydrogen-bond acceptors (Lipinski definition) is 4. The van der Waals surface area contributed by atoms with Crippen LogP contribution in [0.1, 0.15) is 6.92 Å². The summed E-state index contributed by atoms with van der Waals surface area (Å²) in [5.41, 5.74) is 0.707. The molecule has 0 saturated carbocycles. The fourth-order valence-electron chi connectivity index (χ4n) is 1.34. The Balaban J connectivity index is 2.52. The topological polar surface area (TPSA) is 65.4 Å². The first-order chi connectivity index (χ1) is 8.56. The highest BCUT2D eigenvalue weighted by molar-refractivity contribution is 5.92. The van der Waals surface area contributed by atoms with Crippen LogP contribution >= 0.6 is 0 Å². The molecule has 1 rings (SSSR count). The maximum Gasteiger partial charge on any atom is 0.238 e. The van der Waals surface area contributed by atoms with E-state index in [0.717, 1.165) is 5.75 Å². The molecule has 0 aromatic heterocycles. The highest BCUT2D eigenvalue weighted by atomic mass is 16.5. The highest BCUT2D eigenvalue weighted by Crippen LogP contribution is 2.14. The van der Waals surface area contributed by atoms with Crippen molar-refractivity contribution in [1.29, 1.82) is 5.26 Å². The van der Waals surface area contributed by atoms with E-state index in [1.165, 1.54) is 0 Å². The van der Waals surface area contributed by atoms with Gasteiger partial charge in [-0.3, -0.25) is 9.69 Å². The van der Waals surface area contributed by atoms with E-state index in [0.29, 0.717) is 5.69 Å². The third-order valence-electron chi connectivity index (χ3n) is 2.61. The van der Waals surface area contributed by atoms with Gasteiger partial charge in [-0.05, 0) is 38.2 Å². The first-order valence-corrected chi connectivity index (χ1v) is 5.60. The molecule has 0 saturated heterocycles. The number of nitriles is 1. The number of amides is 1. The average molecular weight is 247 g/mol. The Hall–Kier alpha value is -2.06. The average Bonchev–Trinajstić information content (AvgIpc) is 2.38. The smallest absolute Gasteiger partial charge is 0.238 e. The zero-order valence-corrected chi connectivity index (χ0v) is 10.8. The molecule has 0 aliphatic carbocycles. The monoisotopic (exact) mass is 247 g/mol. The Morgan fingerprint density at radius 2 is 2.11 bits per heavy atom. The van der Waals surface area contributed by atoms with Gasteiger partial charge in [0.2, 0.25) is 5.91 Å². The van der Waals surface area contributed by atoms with Crippen LogP contribution in [-0.2, 0) is 4.79 Å². The lowest BCUT2D eigenvalue weighted by Crippen LogP contribution is -2.35. The van der Waals surface area contributed by atoms with E-state index in [2.05, 4.69) is 11.4 Å². The Labute approximate surface area is 107 Å². The number of benzene rings is 1. The Morgan fingerprint density at radius 3 is 2.61 bits per heavy atom. The summed E-state index contributed by atoms with van der Waals surface area (Å²) in [4.78, 5) is 13.4. The Morgan fingerprint density at radius 1 is 1.50 bits per heavy atom. The minimum absolute atomic E-state index is 0.148. The van der Waals surface area contributed by atoms with Crippen molar-refractivity contribution >= 4 is 11.6 Å². The van der Waals surface area contributed by atoms with E-state index in [-0.39, 0.29) is 18.5 Å². The van der Waals surface area contributed by atoms with Gasteiger partial charge in [-0.1, -0.05) is 0 Å². The van der Waals surface area contributed by atoms with Gasteiger partial charge >= 0.3 is 0 Å². The van der Waals surface area contributed by atoms with Gasteiger partial charge in [0.1, 0.15) is 5.75 Å². The van der Waals surface area contributed by atoms with Gasteiger partial charge < -0.3 is 10.1 Å². The fraction of sp³-hybridized carbons (Fsp3) is 0.385. The van der Waals surface area contributed by atoms with Crippen LogP contribution in [-0.4, -0.2) is 37.6 Å². The summed E-state index contributed by atoms with van der Waals surface area (Å²) in [5, 5.41) is 11.5. The largest absolute Gasteiger partial charge is 0.497 e. The number of nitrogens with one attached hydrogen (secondary N) is 1. The van der Waals surface area contributed by atoms with Gasteiger partial charge in [0, 0.05) is 5.69 Å². The molecule has 1 amide bonds.